The molecule has 1 heterocycles. The van der Waals surface area contributed by atoms with Gasteiger partial charge in [0.05, 0.1) is 13.7 Å². The van der Waals surface area contributed by atoms with Gasteiger partial charge in [-0.15, -0.1) is 11.3 Å². The summed E-state index contributed by atoms with van der Waals surface area (Å²) in [7, 11) is -0.749. The highest BCUT2D eigenvalue weighted by Gasteiger charge is 2.27. The first-order chi connectivity index (χ1) is 12.0. The molecule has 0 bridgehead atoms. The van der Waals surface area contributed by atoms with Crippen LogP contribution in [0.1, 0.15) is 36.0 Å². The van der Waals surface area contributed by atoms with E-state index in [1.165, 1.54) is 19.2 Å². The van der Waals surface area contributed by atoms with E-state index in [9.17, 15) is 13.2 Å². The third-order valence-corrected chi connectivity index (χ3v) is 6.10. The summed E-state index contributed by atoms with van der Waals surface area (Å²) in [6.07, 6.45) is 0. The van der Waals surface area contributed by atoms with Crippen LogP contribution in [-0.4, -0.2) is 38.9 Å². The summed E-state index contributed by atoms with van der Waals surface area (Å²) in [6, 6.07) is 8.31. The van der Waals surface area contributed by atoms with E-state index in [-0.39, 0.29) is 16.6 Å². The number of carbonyl (C=O) groups is 1. The van der Waals surface area contributed by atoms with E-state index in [1.807, 2.05) is 17.5 Å². The maximum Gasteiger partial charge on any atom is 0.253 e. The lowest BCUT2D eigenvalue weighted by Crippen LogP contribution is -2.40. The fourth-order valence-corrected chi connectivity index (χ4v) is 4.78. The molecule has 0 aliphatic rings. The summed E-state index contributed by atoms with van der Waals surface area (Å²) >= 11 is 1.56. The normalized spacial score (nSPS) is 12.0. The Morgan fingerprint density at radius 1 is 1.27 bits per heavy atom. The first-order valence-corrected chi connectivity index (χ1v) is 10.4. The third kappa shape index (κ3) is 5.06. The van der Waals surface area contributed by atoms with E-state index in [0.717, 1.165) is 4.88 Å². The predicted octanol–water partition coefficient (Wildman–Crippen LogP) is 3.11. The van der Waals surface area contributed by atoms with Crippen LogP contribution >= 0.6 is 11.3 Å². The highest BCUT2D eigenvalue weighted by molar-refractivity contribution is 7.89. The van der Waals surface area contributed by atoms with E-state index >= 15 is 0 Å². The van der Waals surface area contributed by atoms with Crippen LogP contribution in [-0.2, 0) is 16.6 Å². The van der Waals surface area contributed by atoms with Crippen molar-refractivity contribution < 1.29 is 17.9 Å². The maximum atomic E-state index is 12.7. The topological polar surface area (TPSA) is 75.7 Å². The van der Waals surface area contributed by atoms with E-state index in [4.69, 9.17) is 4.74 Å². The molecular formula is C18H24N2O4S2. The van der Waals surface area contributed by atoms with Gasteiger partial charge in [-0.1, -0.05) is 6.07 Å². The number of benzene rings is 1. The van der Waals surface area contributed by atoms with Gasteiger partial charge >= 0.3 is 0 Å². The zero-order valence-corrected chi connectivity index (χ0v) is 17.2. The van der Waals surface area contributed by atoms with E-state index in [0.29, 0.717) is 12.1 Å². The number of amides is 1. The molecule has 0 radical (unpaired) electrons. The van der Waals surface area contributed by atoms with Gasteiger partial charge < -0.3 is 9.64 Å². The first kappa shape index (κ1) is 20.4. The Balaban J connectivity index is 2.35. The number of thiophene rings is 1. The average Bonchev–Trinajstić information content (AvgIpc) is 3.04. The Kier molecular flexibility index (Phi) is 6.10. The number of ether oxygens (including phenoxy) is 1. The smallest absolute Gasteiger partial charge is 0.253 e. The molecule has 0 atom stereocenters. The second-order valence-corrected chi connectivity index (χ2v) is 9.64. The summed E-state index contributed by atoms with van der Waals surface area (Å²) < 4.78 is 33.2. The second-order valence-electron chi connectivity index (χ2n) is 6.96. The Morgan fingerprint density at radius 3 is 2.50 bits per heavy atom. The number of sulfonamides is 1. The number of carbonyl (C=O) groups excluding carboxylic acids is 1. The molecule has 1 aromatic carbocycles. The van der Waals surface area contributed by atoms with Gasteiger partial charge in [0, 0.05) is 23.0 Å². The van der Waals surface area contributed by atoms with Crippen molar-refractivity contribution in [3.8, 4) is 5.75 Å². The largest absolute Gasteiger partial charge is 0.495 e. The molecule has 0 unspecified atom stereocenters. The SMILES string of the molecule is COc1ccc(C(=O)N(C)Cc2cccs2)cc1S(=O)(=O)NC(C)(C)C. The molecular weight excluding hydrogens is 372 g/mol. The molecule has 2 rings (SSSR count). The molecule has 0 spiro atoms. The maximum absolute atomic E-state index is 12.7. The van der Waals surface area contributed by atoms with Crippen molar-refractivity contribution in [1.82, 2.24) is 9.62 Å². The second kappa shape index (κ2) is 7.77. The molecule has 0 saturated carbocycles. The van der Waals surface area contributed by atoms with Gasteiger partial charge in [-0.3, -0.25) is 4.79 Å². The van der Waals surface area contributed by atoms with Crippen molar-refractivity contribution in [2.24, 2.45) is 0 Å². The molecule has 0 fully saturated rings. The molecule has 142 valence electrons. The summed E-state index contributed by atoms with van der Waals surface area (Å²) in [4.78, 5) is 15.3. The molecule has 6 nitrogen and oxygen atoms in total. The van der Waals surface area contributed by atoms with Crippen LogP contribution in [0.4, 0.5) is 0 Å². The minimum absolute atomic E-state index is 0.0506. The molecule has 1 amide bonds. The van der Waals surface area contributed by atoms with Crippen molar-refractivity contribution >= 4 is 27.3 Å². The summed E-state index contributed by atoms with van der Waals surface area (Å²) in [6.45, 7) is 5.72. The van der Waals surface area contributed by atoms with Crippen LogP contribution in [0.15, 0.2) is 40.6 Å². The third-order valence-electron chi connectivity index (χ3n) is 3.46. The number of methoxy groups -OCH3 is 1. The van der Waals surface area contributed by atoms with Gasteiger partial charge in [0.2, 0.25) is 10.0 Å². The highest BCUT2D eigenvalue weighted by Crippen LogP contribution is 2.27. The Bertz CT molecular complexity index is 869. The molecule has 26 heavy (non-hydrogen) atoms. The molecule has 2 aromatic rings. The molecule has 8 heteroatoms. The Labute approximate surface area is 158 Å². The molecule has 0 aliphatic heterocycles. The van der Waals surface area contributed by atoms with Crippen LogP contribution in [0.25, 0.3) is 0 Å². The Morgan fingerprint density at radius 2 is 1.96 bits per heavy atom. The zero-order valence-electron chi connectivity index (χ0n) is 15.6. The molecule has 1 aromatic heterocycles. The van der Waals surface area contributed by atoms with Crippen LogP contribution in [0.3, 0.4) is 0 Å². The number of hydrogen-bond acceptors (Lipinski definition) is 5. The lowest BCUT2D eigenvalue weighted by Gasteiger charge is -2.22. The van der Waals surface area contributed by atoms with Gasteiger partial charge in [0.1, 0.15) is 10.6 Å². The number of nitrogens with zero attached hydrogens (tertiary/aromatic N) is 1. The summed E-state index contributed by atoms with van der Waals surface area (Å²) in [5.41, 5.74) is -0.362. The van der Waals surface area contributed by atoms with Crippen molar-refractivity contribution in [1.29, 1.82) is 0 Å². The van der Waals surface area contributed by atoms with Crippen LogP contribution < -0.4 is 9.46 Å². The number of hydrogen-bond donors (Lipinski definition) is 1. The minimum Gasteiger partial charge on any atom is -0.495 e. The van der Waals surface area contributed by atoms with E-state index in [1.54, 1.807) is 50.1 Å². The number of rotatable bonds is 6. The standard InChI is InChI=1S/C18H24N2O4S2/c1-18(2,3)19-26(22,23)16-11-13(8-9-15(16)24-5)17(21)20(4)12-14-7-6-10-25-14/h6-11,19H,12H2,1-5H3. The lowest BCUT2D eigenvalue weighted by atomic mass is 10.1. The highest BCUT2D eigenvalue weighted by atomic mass is 32.2. The summed E-state index contributed by atoms with van der Waals surface area (Å²) in [5, 5.41) is 1.95. The molecule has 0 aliphatic carbocycles. The van der Waals surface area contributed by atoms with Gasteiger partial charge in [-0.05, 0) is 50.4 Å². The fraction of sp³-hybridized carbons (Fsp3) is 0.389. The minimum atomic E-state index is -3.84. The molecule has 1 N–H and O–H groups in total. The summed E-state index contributed by atoms with van der Waals surface area (Å²) in [5.74, 6) is -0.0625. The quantitative estimate of drug-likeness (QED) is 0.814. The number of nitrogens with one attached hydrogen (secondary N) is 1. The predicted molar refractivity (Wildman–Crippen MR) is 103 cm³/mol. The van der Waals surface area contributed by atoms with Crippen molar-refractivity contribution in [2.75, 3.05) is 14.2 Å². The van der Waals surface area contributed by atoms with E-state index < -0.39 is 15.6 Å². The van der Waals surface area contributed by atoms with Gasteiger partial charge in [0.25, 0.3) is 5.91 Å². The molecule has 0 saturated heterocycles. The lowest BCUT2D eigenvalue weighted by molar-refractivity contribution is 0.0786. The first-order valence-electron chi connectivity index (χ1n) is 8.03. The van der Waals surface area contributed by atoms with Crippen molar-refractivity contribution in [2.45, 2.75) is 37.8 Å². The van der Waals surface area contributed by atoms with Crippen LogP contribution in [0.2, 0.25) is 0 Å². The van der Waals surface area contributed by atoms with Crippen molar-refractivity contribution in [3.05, 3.63) is 46.2 Å². The van der Waals surface area contributed by atoms with Crippen molar-refractivity contribution in [3.63, 3.8) is 0 Å². The van der Waals surface area contributed by atoms with Crippen LogP contribution in [0.5, 0.6) is 5.75 Å². The monoisotopic (exact) mass is 396 g/mol. The zero-order chi connectivity index (χ0) is 19.5. The van der Waals surface area contributed by atoms with Crippen LogP contribution in [0, 0.1) is 0 Å². The van der Waals surface area contributed by atoms with Gasteiger partial charge in [-0.25, -0.2) is 13.1 Å². The van der Waals surface area contributed by atoms with Gasteiger partial charge in [-0.2, -0.15) is 0 Å². The van der Waals surface area contributed by atoms with E-state index in [2.05, 4.69) is 4.72 Å². The fourth-order valence-electron chi connectivity index (χ4n) is 2.41. The van der Waals surface area contributed by atoms with Gasteiger partial charge in [0.15, 0.2) is 0 Å². The Hall–Kier alpha value is -1.90. The average molecular weight is 397 g/mol.